The van der Waals surface area contributed by atoms with Crippen LogP contribution in [0.2, 0.25) is 0 Å². The number of aliphatic hydroxyl groups excluding tert-OH is 2. The van der Waals surface area contributed by atoms with Gasteiger partial charge in [0.2, 0.25) is 0 Å². The second-order valence-corrected chi connectivity index (χ2v) is 5.16. The van der Waals surface area contributed by atoms with Gasteiger partial charge in [0.05, 0.1) is 38.1 Å². The van der Waals surface area contributed by atoms with Gasteiger partial charge in [0.1, 0.15) is 0 Å². The molecule has 0 saturated carbocycles. The van der Waals surface area contributed by atoms with Gasteiger partial charge in [0.15, 0.2) is 0 Å². The Morgan fingerprint density at radius 1 is 1.19 bits per heavy atom. The summed E-state index contributed by atoms with van der Waals surface area (Å²) in [6, 6.07) is 9.70. The summed E-state index contributed by atoms with van der Waals surface area (Å²) in [5, 5.41) is 22.7. The topological polar surface area (TPSA) is 71.0 Å². The van der Waals surface area contributed by atoms with Crippen molar-refractivity contribution in [3.8, 4) is 0 Å². The zero-order valence-corrected chi connectivity index (χ0v) is 12.9. The maximum atomic E-state index is 9.90. The lowest BCUT2D eigenvalue weighted by molar-refractivity contribution is 0.00280. The maximum absolute atomic E-state index is 9.90. The summed E-state index contributed by atoms with van der Waals surface area (Å²) in [4.78, 5) is 0. The molecule has 0 spiro atoms. The molecule has 0 fully saturated rings. The third kappa shape index (κ3) is 6.54. The van der Waals surface area contributed by atoms with Crippen LogP contribution in [0.3, 0.4) is 0 Å². The number of ether oxygens (including phenoxy) is 2. The molecule has 21 heavy (non-hydrogen) atoms. The van der Waals surface area contributed by atoms with Crippen LogP contribution in [-0.2, 0) is 15.0 Å². The number of nitrogens with one attached hydrogen (secondary N) is 1. The number of benzene rings is 1. The average Bonchev–Trinajstić information content (AvgIpc) is 2.53. The normalized spacial score (nSPS) is 15.6. The second kappa shape index (κ2) is 9.87. The first-order chi connectivity index (χ1) is 10.1. The molecule has 2 unspecified atom stereocenters. The molecule has 1 aromatic rings. The Morgan fingerprint density at radius 2 is 1.86 bits per heavy atom. The number of aliphatic hydroxyl groups is 2. The van der Waals surface area contributed by atoms with Crippen LogP contribution in [0, 0.1) is 0 Å². The second-order valence-electron chi connectivity index (χ2n) is 5.16. The van der Waals surface area contributed by atoms with Crippen LogP contribution in [0.4, 0.5) is 0 Å². The van der Waals surface area contributed by atoms with Crippen molar-refractivity contribution in [2.45, 2.75) is 25.5 Å². The van der Waals surface area contributed by atoms with E-state index in [0.29, 0.717) is 26.4 Å². The molecule has 0 aromatic heterocycles. The van der Waals surface area contributed by atoms with E-state index in [0.717, 1.165) is 5.56 Å². The van der Waals surface area contributed by atoms with Crippen molar-refractivity contribution in [2.24, 2.45) is 0 Å². The van der Waals surface area contributed by atoms with Crippen LogP contribution in [0.1, 0.15) is 19.4 Å². The highest BCUT2D eigenvalue weighted by molar-refractivity contribution is 5.23. The molecule has 120 valence electrons. The van der Waals surface area contributed by atoms with E-state index >= 15 is 0 Å². The Kier molecular flexibility index (Phi) is 8.49. The van der Waals surface area contributed by atoms with Crippen LogP contribution in [0.5, 0.6) is 0 Å². The Bertz CT molecular complexity index is 374. The SMILES string of the molecule is CCOCCOCC(O)CNC(C)(CO)c1ccccc1. The van der Waals surface area contributed by atoms with E-state index in [1.54, 1.807) is 0 Å². The van der Waals surface area contributed by atoms with Crippen molar-refractivity contribution in [2.75, 3.05) is 39.6 Å². The van der Waals surface area contributed by atoms with Crippen LogP contribution in [0.25, 0.3) is 0 Å². The Hall–Kier alpha value is -0.980. The number of hydrogen-bond donors (Lipinski definition) is 3. The summed E-state index contributed by atoms with van der Waals surface area (Å²) in [5.74, 6) is 0. The van der Waals surface area contributed by atoms with Gasteiger partial charge in [-0.25, -0.2) is 0 Å². The predicted molar refractivity (Wildman–Crippen MR) is 82.2 cm³/mol. The summed E-state index contributed by atoms with van der Waals surface area (Å²) in [6.07, 6.45) is -0.624. The monoisotopic (exact) mass is 297 g/mol. The van der Waals surface area contributed by atoms with Crippen molar-refractivity contribution in [3.63, 3.8) is 0 Å². The lowest BCUT2D eigenvalue weighted by Gasteiger charge is -2.30. The van der Waals surface area contributed by atoms with Gasteiger partial charge in [-0.1, -0.05) is 30.3 Å². The van der Waals surface area contributed by atoms with Crippen LogP contribution >= 0.6 is 0 Å². The van der Waals surface area contributed by atoms with Gasteiger partial charge in [0, 0.05) is 13.2 Å². The minimum Gasteiger partial charge on any atom is -0.394 e. The van der Waals surface area contributed by atoms with Gasteiger partial charge < -0.3 is 25.0 Å². The summed E-state index contributed by atoms with van der Waals surface area (Å²) >= 11 is 0. The predicted octanol–water partition coefficient (Wildman–Crippen LogP) is 0.898. The molecular weight excluding hydrogens is 270 g/mol. The van der Waals surface area contributed by atoms with Crippen molar-refractivity contribution in [1.82, 2.24) is 5.32 Å². The molecule has 0 aliphatic heterocycles. The van der Waals surface area contributed by atoms with Gasteiger partial charge in [0.25, 0.3) is 0 Å². The first-order valence-electron chi connectivity index (χ1n) is 7.37. The molecule has 0 saturated heterocycles. The highest BCUT2D eigenvalue weighted by Gasteiger charge is 2.25. The minimum atomic E-state index is -0.624. The van der Waals surface area contributed by atoms with Crippen molar-refractivity contribution in [3.05, 3.63) is 35.9 Å². The molecule has 3 N–H and O–H groups in total. The Morgan fingerprint density at radius 3 is 2.48 bits per heavy atom. The molecule has 0 aliphatic carbocycles. The molecule has 0 bridgehead atoms. The van der Waals surface area contributed by atoms with Crippen LogP contribution in [-0.4, -0.2) is 55.9 Å². The zero-order chi connectivity index (χ0) is 15.6. The molecular formula is C16H27NO4. The Labute approximate surface area is 126 Å². The summed E-state index contributed by atoms with van der Waals surface area (Å²) in [6.45, 7) is 6.06. The maximum Gasteiger partial charge on any atom is 0.0898 e. The van der Waals surface area contributed by atoms with Gasteiger partial charge >= 0.3 is 0 Å². The fraction of sp³-hybridized carbons (Fsp3) is 0.625. The summed E-state index contributed by atoms with van der Waals surface area (Å²) < 4.78 is 10.5. The molecule has 5 nitrogen and oxygen atoms in total. The molecule has 0 amide bonds. The van der Waals surface area contributed by atoms with E-state index in [1.165, 1.54) is 0 Å². The van der Waals surface area contributed by atoms with Crippen molar-refractivity contribution in [1.29, 1.82) is 0 Å². The number of rotatable bonds is 11. The highest BCUT2D eigenvalue weighted by Crippen LogP contribution is 2.19. The van der Waals surface area contributed by atoms with E-state index in [4.69, 9.17) is 9.47 Å². The Balaban J connectivity index is 2.34. The molecule has 0 radical (unpaired) electrons. The van der Waals surface area contributed by atoms with Crippen molar-refractivity contribution < 1.29 is 19.7 Å². The third-order valence-corrected chi connectivity index (χ3v) is 3.34. The average molecular weight is 297 g/mol. The van der Waals surface area contributed by atoms with Crippen molar-refractivity contribution >= 4 is 0 Å². The van der Waals surface area contributed by atoms with E-state index in [1.807, 2.05) is 44.2 Å². The molecule has 1 aromatic carbocycles. The lowest BCUT2D eigenvalue weighted by atomic mass is 9.93. The van der Waals surface area contributed by atoms with Crippen LogP contribution < -0.4 is 5.32 Å². The van der Waals surface area contributed by atoms with Gasteiger partial charge in [-0.2, -0.15) is 0 Å². The van der Waals surface area contributed by atoms with E-state index < -0.39 is 11.6 Å². The smallest absolute Gasteiger partial charge is 0.0898 e. The van der Waals surface area contributed by atoms with E-state index in [2.05, 4.69) is 5.32 Å². The van der Waals surface area contributed by atoms with Crippen LogP contribution in [0.15, 0.2) is 30.3 Å². The van der Waals surface area contributed by atoms with E-state index in [-0.39, 0.29) is 13.2 Å². The van der Waals surface area contributed by atoms with Gasteiger partial charge in [-0.3, -0.25) is 0 Å². The first-order valence-corrected chi connectivity index (χ1v) is 7.37. The van der Waals surface area contributed by atoms with Gasteiger partial charge in [-0.05, 0) is 19.4 Å². The molecule has 0 aliphatic rings. The molecule has 5 heteroatoms. The lowest BCUT2D eigenvalue weighted by Crippen LogP contribution is -2.47. The largest absolute Gasteiger partial charge is 0.394 e. The highest BCUT2D eigenvalue weighted by atomic mass is 16.5. The van der Waals surface area contributed by atoms with E-state index in [9.17, 15) is 10.2 Å². The molecule has 0 heterocycles. The first kappa shape index (κ1) is 18.1. The van der Waals surface area contributed by atoms with Gasteiger partial charge in [-0.15, -0.1) is 0 Å². The standard InChI is InChI=1S/C16H27NO4/c1-3-20-9-10-21-12-15(19)11-17-16(2,13-18)14-7-5-4-6-8-14/h4-8,15,17-19H,3,9-13H2,1-2H3. The molecule has 2 atom stereocenters. The zero-order valence-electron chi connectivity index (χ0n) is 12.9. The minimum absolute atomic E-state index is 0.0467. The summed E-state index contributed by atoms with van der Waals surface area (Å²) in [7, 11) is 0. The summed E-state index contributed by atoms with van der Waals surface area (Å²) in [5.41, 5.74) is 0.407. The quantitative estimate of drug-likeness (QED) is 0.529. The fourth-order valence-corrected chi connectivity index (χ4v) is 1.94. The number of hydrogen-bond acceptors (Lipinski definition) is 5. The molecule has 1 rings (SSSR count). The third-order valence-electron chi connectivity index (χ3n) is 3.34. The fourth-order valence-electron chi connectivity index (χ4n) is 1.94.